The monoisotopic (exact) mass is 599 g/mol. The van der Waals surface area contributed by atoms with Crippen LogP contribution in [0.1, 0.15) is 53.1 Å². The molecule has 0 bridgehead atoms. The van der Waals surface area contributed by atoms with Gasteiger partial charge in [-0.2, -0.15) is 5.10 Å². The molecule has 1 saturated carbocycles. The first kappa shape index (κ1) is 27.8. The van der Waals surface area contributed by atoms with E-state index in [4.69, 9.17) is 11.6 Å². The first-order valence-corrected chi connectivity index (χ1v) is 13.3. The fourth-order valence-electron chi connectivity index (χ4n) is 5.09. The Morgan fingerprint density at radius 3 is 2.64 bits per heavy atom. The van der Waals surface area contributed by atoms with Gasteiger partial charge < -0.3 is 5.32 Å². The molecule has 1 aliphatic heterocycles. The molecule has 9 nitrogen and oxygen atoms in total. The Balaban J connectivity index is 1.20. The van der Waals surface area contributed by atoms with Crippen LogP contribution in [0.25, 0.3) is 11.3 Å². The highest BCUT2D eigenvalue weighted by Gasteiger charge is 2.53. The van der Waals surface area contributed by atoms with Crippen molar-refractivity contribution in [3.05, 3.63) is 82.2 Å². The van der Waals surface area contributed by atoms with Crippen LogP contribution in [0.3, 0.4) is 0 Å². The lowest BCUT2D eigenvalue weighted by atomic mass is 10.0. The van der Waals surface area contributed by atoms with Crippen LogP contribution in [0, 0.1) is 30.4 Å². The van der Waals surface area contributed by atoms with E-state index < -0.39 is 41.1 Å². The number of anilines is 2. The minimum absolute atomic E-state index is 0.00797. The minimum atomic E-state index is -3.02. The summed E-state index contributed by atoms with van der Waals surface area (Å²) in [5.41, 5.74) is -0.763. The number of carbonyl (C=O) groups is 2. The van der Waals surface area contributed by atoms with Crippen molar-refractivity contribution in [3.8, 4) is 11.3 Å². The first-order chi connectivity index (χ1) is 20.0. The maximum Gasteiger partial charge on any atom is 0.276 e. The summed E-state index contributed by atoms with van der Waals surface area (Å²) in [6, 6.07) is 2.82. The second-order valence-electron chi connectivity index (χ2n) is 10.3. The zero-order chi connectivity index (χ0) is 29.9. The molecule has 2 amide bonds. The van der Waals surface area contributed by atoms with Crippen LogP contribution in [-0.2, 0) is 4.79 Å². The van der Waals surface area contributed by atoms with E-state index in [0.29, 0.717) is 12.1 Å². The van der Waals surface area contributed by atoms with Crippen LogP contribution in [0.4, 0.5) is 29.1 Å². The zero-order valence-electron chi connectivity index (χ0n) is 22.2. The van der Waals surface area contributed by atoms with Gasteiger partial charge in [-0.25, -0.2) is 27.5 Å². The molecule has 1 N–H and O–H groups in total. The van der Waals surface area contributed by atoms with Crippen molar-refractivity contribution in [2.75, 3.05) is 16.8 Å². The molecule has 14 heteroatoms. The molecular weight excluding hydrogens is 578 g/mol. The Kier molecular flexibility index (Phi) is 6.92. The second kappa shape index (κ2) is 10.5. The SMILES string of the molecule is Cc1ncc(-c2c(C(F)F)ccc(Cl)c2F)nc1C(=O)Nc1cnn([C@@H](C)c2cnc(N3C[C@H]4C[C@H]4C3=O)c(F)c2)c1. The number of pyridine rings is 1. The topological polar surface area (TPSA) is 106 Å². The highest BCUT2D eigenvalue weighted by Crippen LogP contribution is 2.47. The predicted molar refractivity (Wildman–Crippen MR) is 144 cm³/mol. The number of aromatic nitrogens is 5. The Bertz CT molecular complexity index is 1750. The first-order valence-electron chi connectivity index (χ1n) is 13.0. The Labute approximate surface area is 241 Å². The summed E-state index contributed by atoms with van der Waals surface area (Å²) in [5, 5.41) is 6.47. The minimum Gasteiger partial charge on any atom is -0.318 e. The molecule has 0 unspecified atom stereocenters. The molecule has 2 fully saturated rings. The van der Waals surface area contributed by atoms with Gasteiger partial charge in [0.05, 0.1) is 40.5 Å². The third-order valence-corrected chi connectivity index (χ3v) is 7.84. The van der Waals surface area contributed by atoms with Crippen molar-refractivity contribution >= 4 is 34.9 Å². The third kappa shape index (κ3) is 4.87. The summed E-state index contributed by atoms with van der Waals surface area (Å²) in [4.78, 5) is 39.2. The molecule has 4 aromatic rings. The Morgan fingerprint density at radius 1 is 1.17 bits per heavy atom. The number of carbonyl (C=O) groups excluding carboxylic acids is 2. The van der Waals surface area contributed by atoms with Crippen LogP contribution < -0.4 is 10.2 Å². The molecule has 0 spiro atoms. The van der Waals surface area contributed by atoms with Crippen molar-refractivity contribution in [2.24, 2.45) is 11.8 Å². The average Bonchev–Trinajstić information content (AvgIpc) is 3.46. The summed E-state index contributed by atoms with van der Waals surface area (Å²) < 4.78 is 58.4. The van der Waals surface area contributed by atoms with E-state index in [0.717, 1.165) is 24.8 Å². The zero-order valence-corrected chi connectivity index (χ0v) is 22.9. The average molecular weight is 600 g/mol. The maximum absolute atomic E-state index is 14.9. The number of benzene rings is 1. The van der Waals surface area contributed by atoms with Gasteiger partial charge in [0.25, 0.3) is 12.3 Å². The van der Waals surface area contributed by atoms with E-state index in [1.54, 1.807) is 6.92 Å². The van der Waals surface area contributed by atoms with Crippen molar-refractivity contribution in [1.29, 1.82) is 0 Å². The number of hydrogen-bond donors (Lipinski definition) is 1. The smallest absolute Gasteiger partial charge is 0.276 e. The van der Waals surface area contributed by atoms with Crippen molar-refractivity contribution in [3.63, 3.8) is 0 Å². The van der Waals surface area contributed by atoms with E-state index in [-0.39, 0.29) is 51.4 Å². The number of nitrogens with one attached hydrogen (secondary N) is 1. The molecule has 0 radical (unpaired) electrons. The fourth-order valence-corrected chi connectivity index (χ4v) is 5.25. The highest BCUT2D eigenvalue weighted by atomic mass is 35.5. The van der Waals surface area contributed by atoms with Crippen LogP contribution >= 0.6 is 11.6 Å². The van der Waals surface area contributed by atoms with Gasteiger partial charge in [-0.3, -0.25) is 24.2 Å². The van der Waals surface area contributed by atoms with Crippen molar-refractivity contribution in [2.45, 2.75) is 32.7 Å². The molecule has 1 aliphatic carbocycles. The Hall–Kier alpha value is -4.39. The summed E-state index contributed by atoms with van der Waals surface area (Å²) in [7, 11) is 0. The van der Waals surface area contributed by atoms with Crippen LogP contribution in [-0.4, -0.2) is 43.1 Å². The summed E-state index contributed by atoms with van der Waals surface area (Å²) in [6.45, 7) is 3.71. The lowest BCUT2D eigenvalue weighted by molar-refractivity contribution is -0.118. The van der Waals surface area contributed by atoms with Crippen LogP contribution in [0.5, 0.6) is 0 Å². The summed E-state index contributed by atoms with van der Waals surface area (Å²) in [5.74, 6) is -2.29. The Morgan fingerprint density at radius 2 is 1.95 bits per heavy atom. The maximum atomic E-state index is 14.9. The number of rotatable bonds is 7. The number of fused-ring (bicyclic) bond motifs is 1. The quantitative estimate of drug-likeness (QED) is 0.271. The van der Waals surface area contributed by atoms with Gasteiger partial charge in [0.1, 0.15) is 5.69 Å². The van der Waals surface area contributed by atoms with E-state index in [2.05, 4.69) is 25.4 Å². The van der Waals surface area contributed by atoms with Gasteiger partial charge >= 0.3 is 0 Å². The second-order valence-corrected chi connectivity index (χ2v) is 10.7. The van der Waals surface area contributed by atoms with Crippen LogP contribution in [0.2, 0.25) is 5.02 Å². The number of piperidine rings is 1. The van der Waals surface area contributed by atoms with E-state index in [1.165, 1.54) is 41.2 Å². The standard InChI is InChI=1S/C28H22ClF4N7O2/c1-12-24(38-21(9-34-12)22-17(25(32)33)3-4-19(29)23(22)31)27(41)37-16-8-36-40(11-16)13(2)14-6-20(30)26(35-7-14)39-10-15-5-18(15)28(39)42/h3-4,6-9,11,13,15,18,25H,5,10H2,1-2H3,(H,37,41)/t13-,15+,18+/m0/s1. The summed E-state index contributed by atoms with van der Waals surface area (Å²) >= 11 is 5.81. The summed E-state index contributed by atoms with van der Waals surface area (Å²) in [6.07, 6.45) is 3.26. The van der Waals surface area contributed by atoms with Gasteiger partial charge in [0.15, 0.2) is 17.5 Å². The highest BCUT2D eigenvalue weighted by molar-refractivity contribution is 6.31. The van der Waals surface area contributed by atoms with Gasteiger partial charge in [-0.15, -0.1) is 0 Å². The van der Waals surface area contributed by atoms with Crippen LogP contribution in [0.15, 0.2) is 43.0 Å². The number of hydrogen-bond acceptors (Lipinski definition) is 6. The molecule has 1 aromatic carbocycles. The molecule has 42 heavy (non-hydrogen) atoms. The van der Waals surface area contributed by atoms with Crippen molar-refractivity contribution < 1.29 is 27.2 Å². The molecule has 6 rings (SSSR count). The predicted octanol–water partition coefficient (Wildman–Crippen LogP) is 5.76. The molecule has 2 aliphatic rings. The van der Waals surface area contributed by atoms with Gasteiger partial charge in [0, 0.05) is 36.0 Å². The molecule has 3 aromatic heterocycles. The van der Waals surface area contributed by atoms with Crippen molar-refractivity contribution in [1.82, 2.24) is 24.7 Å². The lowest BCUT2D eigenvalue weighted by Gasteiger charge is -2.19. The molecule has 4 heterocycles. The van der Waals surface area contributed by atoms with E-state index in [9.17, 15) is 27.2 Å². The van der Waals surface area contributed by atoms with Gasteiger partial charge in [0.2, 0.25) is 5.91 Å². The molecule has 216 valence electrons. The largest absolute Gasteiger partial charge is 0.318 e. The third-order valence-electron chi connectivity index (χ3n) is 7.55. The number of nitrogens with zero attached hydrogens (tertiary/aromatic N) is 6. The normalized spacial score (nSPS) is 18.4. The number of aryl methyl sites for hydroxylation is 1. The molecule has 3 atom stereocenters. The number of amides is 2. The fraction of sp³-hybridized carbons (Fsp3) is 0.286. The van der Waals surface area contributed by atoms with E-state index >= 15 is 0 Å². The lowest BCUT2D eigenvalue weighted by Crippen LogP contribution is -2.29. The number of halogens is 5. The molecular formula is C28H22ClF4N7O2. The van der Waals surface area contributed by atoms with Gasteiger partial charge in [-0.1, -0.05) is 17.7 Å². The number of alkyl halides is 2. The van der Waals surface area contributed by atoms with E-state index in [1.807, 2.05) is 0 Å². The molecule has 1 saturated heterocycles. The van der Waals surface area contributed by atoms with Gasteiger partial charge in [-0.05, 0) is 43.9 Å².